The Bertz CT molecular complexity index is 251. The molecule has 11 heavy (non-hydrogen) atoms. The summed E-state index contributed by atoms with van der Waals surface area (Å²) in [6, 6.07) is 1.87. The van der Waals surface area contributed by atoms with Crippen LogP contribution in [-0.4, -0.2) is 5.91 Å². The van der Waals surface area contributed by atoms with Gasteiger partial charge in [0.05, 0.1) is 5.69 Å². The van der Waals surface area contributed by atoms with Crippen LogP contribution in [0.15, 0.2) is 29.0 Å². The molecular weight excluding hydrogens is 158 g/mol. The molecule has 3 heteroatoms. The van der Waals surface area contributed by atoms with Crippen LogP contribution < -0.4 is 5.32 Å². The minimum Gasteiger partial charge on any atom is -0.322 e. The molecule has 1 heterocycles. The molecule has 0 aliphatic heterocycles. The summed E-state index contributed by atoms with van der Waals surface area (Å²) in [7, 11) is 0. The molecule has 1 aromatic heterocycles. The standard InChI is InChI=1S/C8H9NOS/c1-2-3-8(10)9-7-4-5-11-6-7/h2-6H,1H3,(H,9,10)/b3-2+. The highest BCUT2D eigenvalue weighted by Crippen LogP contribution is 2.11. The Morgan fingerprint density at radius 3 is 3.09 bits per heavy atom. The zero-order chi connectivity index (χ0) is 8.10. The van der Waals surface area contributed by atoms with E-state index in [9.17, 15) is 4.79 Å². The van der Waals surface area contributed by atoms with Gasteiger partial charge in [0, 0.05) is 5.38 Å². The maximum absolute atomic E-state index is 10.9. The van der Waals surface area contributed by atoms with Gasteiger partial charge < -0.3 is 5.32 Å². The van der Waals surface area contributed by atoms with Gasteiger partial charge in [-0.2, -0.15) is 11.3 Å². The molecule has 0 radical (unpaired) electrons. The Kier molecular flexibility index (Phi) is 2.86. The molecule has 0 unspecified atom stereocenters. The summed E-state index contributed by atoms with van der Waals surface area (Å²) in [6.45, 7) is 1.81. The molecule has 0 atom stereocenters. The number of carbonyl (C=O) groups excluding carboxylic acids is 1. The average Bonchev–Trinajstić information content (AvgIpc) is 2.40. The van der Waals surface area contributed by atoms with Crippen molar-refractivity contribution >= 4 is 22.9 Å². The third kappa shape index (κ3) is 2.55. The third-order valence-corrected chi connectivity index (χ3v) is 1.79. The van der Waals surface area contributed by atoms with E-state index < -0.39 is 0 Å². The molecule has 0 aliphatic carbocycles. The second-order valence-electron chi connectivity index (χ2n) is 2.00. The number of rotatable bonds is 2. The van der Waals surface area contributed by atoms with Gasteiger partial charge in [0.25, 0.3) is 0 Å². The largest absolute Gasteiger partial charge is 0.322 e. The normalized spacial score (nSPS) is 10.3. The lowest BCUT2D eigenvalue weighted by Gasteiger charge is -1.94. The maximum Gasteiger partial charge on any atom is 0.248 e. The van der Waals surface area contributed by atoms with Crippen LogP contribution in [0, 0.1) is 0 Å². The number of nitrogens with one attached hydrogen (secondary N) is 1. The van der Waals surface area contributed by atoms with E-state index in [1.807, 2.05) is 23.8 Å². The van der Waals surface area contributed by atoms with E-state index in [0.29, 0.717) is 0 Å². The molecule has 1 amide bonds. The Labute approximate surface area is 69.6 Å². The van der Waals surface area contributed by atoms with Gasteiger partial charge in [-0.25, -0.2) is 0 Å². The topological polar surface area (TPSA) is 29.1 Å². The number of anilines is 1. The highest BCUT2D eigenvalue weighted by atomic mass is 32.1. The smallest absolute Gasteiger partial charge is 0.248 e. The van der Waals surface area contributed by atoms with Gasteiger partial charge in [-0.3, -0.25) is 4.79 Å². The monoisotopic (exact) mass is 167 g/mol. The molecule has 0 aromatic carbocycles. The molecule has 0 saturated carbocycles. The van der Waals surface area contributed by atoms with Crippen LogP contribution >= 0.6 is 11.3 Å². The maximum atomic E-state index is 10.9. The molecule has 2 nitrogen and oxygen atoms in total. The minimum atomic E-state index is -0.0779. The van der Waals surface area contributed by atoms with Gasteiger partial charge in [0.15, 0.2) is 0 Å². The van der Waals surface area contributed by atoms with Gasteiger partial charge >= 0.3 is 0 Å². The van der Waals surface area contributed by atoms with E-state index in [1.54, 1.807) is 17.4 Å². The van der Waals surface area contributed by atoms with Crippen molar-refractivity contribution in [1.29, 1.82) is 0 Å². The number of hydrogen-bond acceptors (Lipinski definition) is 2. The Morgan fingerprint density at radius 1 is 1.73 bits per heavy atom. The Hall–Kier alpha value is -1.09. The van der Waals surface area contributed by atoms with E-state index in [1.165, 1.54) is 6.08 Å². The van der Waals surface area contributed by atoms with Crippen LogP contribution in [0.1, 0.15) is 6.92 Å². The predicted molar refractivity (Wildman–Crippen MR) is 47.8 cm³/mol. The second kappa shape index (κ2) is 3.93. The molecule has 1 aromatic rings. The fourth-order valence-electron chi connectivity index (χ4n) is 0.671. The average molecular weight is 167 g/mol. The van der Waals surface area contributed by atoms with Crippen molar-refractivity contribution in [1.82, 2.24) is 0 Å². The van der Waals surface area contributed by atoms with Crippen molar-refractivity contribution in [3.8, 4) is 0 Å². The van der Waals surface area contributed by atoms with Gasteiger partial charge in [-0.1, -0.05) is 6.08 Å². The number of thiophene rings is 1. The van der Waals surface area contributed by atoms with E-state index in [-0.39, 0.29) is 5.91 Å². The lowest BCUT2D eigenvalue weighted by molar-refractivity contribution is -0.111. The number of carbonyl (C=O) groups is 1. The summed E-state index contributed by atoms with van der Waals surface area (Å²) in [6.07, 6.45) is 3.21. The summed E-state index contributed by atoms with van der Waals surface area (Å²) < 4.78 is 0. The molecule has 0 spiro atoms. The predicted octanol–water partition coefficient (Wildman–Crippen LogP) is 2.26. The molecule has 0 bridgehead atoms. The van der Waals surface area contributed by atoms with E-state index in [2.05, 4.69) is 5.32 Å². The first-order valence-electron chi connectivity index (χ1n) is 3.29. The molecule has 0 saturated heterocycles. The molecule has 0 fully saturated rings. The third-order valence-electron chi connectivity index (χ3n) is 1.11. The van der Waals surface area contributed by atoms with E-state index in [4.69, 9.17) is 0 Å². The highest BCUT2D eigenvalue weighted by Gasteiger charge is 1.94. The lowest BCUT2D eigenvalue weighted by Crippen LogP contribution is -2.06. The molecular formula is C8H9NOS. The van der Waals surface area contributed by atoms with Crippen LogP contribution in [0.3, 0.4) is 0 Å². The zero-order valence-electron chi connectivity index (χ0n) is 6.20. The van der Waals surface area contributed by atoms with Crippen molar-refractivity contribution < 1.29 is 4.79 Å². The number of allylic oxidation sites excluding steroid dienone is 1. The Morgan fingerprint density at radius 2 is 2.55 bits per heavy atom. The quantitative estimate of drug-likeness (QED) is 0.672. The van der Waals surface area contributed by atoms with E-state index >= 15 is 0 Å². The number of hydrogen-bond donors (Lipinski definition) is 1. The molecule has 1 N–H and O–H groups in total. The zero-order valence-corrected chi connectivity index (χ0v) is 7.02. The first kappa shape index (κ1) is 8.01. The summed E-state index contributed by atoms with van der Waals surface area (Å²) in [5.41, 5.74) is 0.859. The van der Waals surface area contributed by atoms with Crippen molar-refractivity contribution in [3.05, 3.63) is 29.0 Å². The summed E-state index contributed by atoms with van der Waals surface area (Å²) in [5.74, 6) is -0.0779. The van der Waals surface area contributed by atoms with Crippen molar-refractivity contribution in [2.75, 3.05) is 5.32 Å². The van der Waals surface area contributed by atoms with E-state index in [0.717, 1.165) is 5.69 Å². The van der Waals surface area contributed by atoms with Gasteiger partial charge in [0.2, 0.25) is 5.91 Å². The second-order valence-corrected chi connectivity index (χ2v) is 2.78. The molecule has 58 valence electrons. The van der Waals surface area contributed by atoms with Gasteiger partial charge in [-0.15, -0.1) is 0 Å². The fourth-order valence-corrected chi connectivity index (χ4v) is 1.26. The summed E-state index contributed by atoms with van der Waals surface area (Å²) in [4.78, 5) is 10.9. The fraction of sp³-hybridized carbons (Fsp3) is 0.125. The first-order chi connectivity index (χ1) is 5.33. The molecule has 1 rings (SSSR count). The van der Waals surface area contributed by atoms with Crippen LogP contribution in [0.4, 0.5) is 5.69 Å². The highest BCUT2D eigenvalue weighted by molar-refractivity contribution is 7.08. The van der Waals surface area contributed by atoms with Crippen LogP contribution in [0.5, 0.6) is 0 Å². The molecule has 0 aliphatic rings. The summed E-state index contributed by atoms with van der Waals surface area (Å²) in [5, 5.41) is 6.52. The Balaban J connectivity index is 2.50. The lowest BCUT2D eigenvalue weighted by atomic mass is 10.4. The first-order valence-corrected chi connectivity index (χ1v) is 4.23. The minimum absolute atomic E-state index is 0.0779. The van der Waals surface area contributed by atoms with Crippen molar-refractivity contribution in [2.45, 2.75) is 6.92 Å². The SMILES string of the molecule is C/C=C/C(=O)Nc1ccsc1. The van der Waals surface area contributed by atoms with Crippen molar-refractivity contribution in [3.63, 3.8) is 0 Å². The van der Waals surface area contributed by atoms with Crippen LogP contribution in [0.25, 0.3) is 0 Å². The van der Waals surface area contributed by atoms with Gasteiger partial charge in [0.1, 0.15) is 0 Å². The van der Waals surface area contributed by atoms with Gasteiger partial charge in [-0.05, 0) is 24.4 Å². The number of amides is 1. The van der Waals surface area contributed by atoms with Crippen molar-refractivity contribution in [2.24, 2.45) is 0 Å². The summed E-state index contributed by atoms with van der Waals surface area (Å²) >= 11 is 1.56. The van der Waals surface area contributed by atoms with Crippen LogP contribution in [-0.2, 0) is 4.79 Å². The van der Waals surface area contributed by atoms with Crippen LogP contribution in [0.2, 0.25) is 0 Å².